The Morgan fingerprint density at radius 3 is 2.78 bits per heavy atom. The van der Waals surface area contributed by atoms with Gasteiger partial charge in [0, 0.05) is 16.5 Å². The van der Waals surface area contributed by atoms with Crippen molar-refractivity contribution in [1.29, 1.82) is 0 Å². The Morgan fingerprint density at radius 1 is 1.19 bits per heavy atom. The highest BCUT2D eigenvalue weighted by molar-refractivity contribution is 7.10. The van der Waals surface area contributed by atoms with Crippen LogP contribution in [0.15, 0.2) is 80.1 Å². The van der Waals surface area contributed by atoms with Gasteiger partial charge in [0.2, 0.25) is 0 Å². The Morgan fingerprint density at radius 2 is 2.04 bits per heavy atom. The van der Waals surface area contributed by atoms with Gasteiger partial charge in [-0.2, -0.15) is 0 Å². The highest BCUT2D eigenvalue weighted by Crippen LogP contribution is 2.32. The molecule has 0 bridgehead atoms. The van der Waals surface area contributed by atoms with E-state index in [1.54, 1.807) is 36.4 Å². The van der Waals surface area contributed by atoms with Crippen molar-refractivity contribution in [2.24, 2.45) is 0 Å². The monoisotopic (exact) mass is 381 g/mol. The van der Waals surface area contributed by atoms with Crippen LogP contribution in [0, 0.1) is 0 Å². The smallest absolute Gasteiger partial charge is 0.287 e. The molecule has 1 atom stereocenters. The lowest BCUT2D eigenvalue weighted by atomic mass is 9.94. The number of hydrogen-bond donors (Lipinski definition) is 2. The number of nitrogens with one attached hydrogen (secondary N) is 1. The fraction of sp³-hybridized carbons (Fsp3) is 0.100. The van der Waals surface area contributed by atoms with Gasteiger partial charge in [-0.05, 0) is 29.6 Å². The van der Waals surface area contributed by atoms with Crippen LogP contribution in [0.1, 0.15) is 21.0 Å². The summed E-state index contributed by atoms with van der Waals surface area (Å²) in [6.45, 7) is -0.109. The molecule has 4 aromatic rings. The van der Waals surface area contributed by atoms with Crippen molar-refractivity contribution in [2.45, 2.75) is 5.60 Å². The van der Waals surface area contributed by atoms with E-state index in [0.717, 1.165) is 6.07 Å². The predicted molar refractivity (Wildman–Crippen MR) is 101 cm³/mol. The van der Waals surface area contributed by atoms with Gasteiger partial charge < -0.3 is 19.3 Å². The summed E-state index contributed by atoms with van der Waals surface area (Å²) in [4.78, 5) is 25.4. The maximum atomic E-state index is 12.6. The van der Waals surface area contributed by atoms with Gasteiger partial charge in [-0.15, -0.1) is 11.3 Å². The fourth-order valence-corrected chi connectivity index (χ4v) is 3.70. The minimum Gasteiger partial charge on any atom is -0.472 e. The summed E-state index contributed by atoms with van der Waals surface area (Å²) < 4.78 is 10.6. The average molecular weight is 381 g/mol. The average Bonchev–Trinajstić information content (AvgIpc) is 3.40. The second kappa shape index (κ2) is 6.86. The molecular weight excluding hydrogens is 366 g/mol. The van der Waals surface area contributed by atoms with Crippen LogP contribution < -0.4 is 10.7 Å². The first-order valence-corrected chi connectivity index (χ1v) is 9.06. The molecule has 0 aliphatic carbocycles. The quantitative estimate of drug-likeness (QED) is 0.554. The van der Waals surface area contributed by atoms with Crippen molar-refractivity contribution in [3.63, 3.8) is 0 Å². The van der Waals surface area contributed by atoms with E-state index in [0.29, 0.717) is 21.4 Å². The van der Waals surface area contributed by atoms with E-state index in [-0.39, 0.29) is 17.7 Å². The Balaban J connectivity index is 1.62. The van der Waals surface area contributed by atoms with Crippen LogP contribution in [-0.2, 0) is 5.60 Å². The third-order valence-corrected chi connectivity index (χ3v) is 5.31. The fourth-order valence-electron chi connectivity index (χ4n) is 2.86. The highest BCUT2D eigenvalue weighted by Gasteiger charge is 2.34. The summed E-state index contributed by atoms with van der Waals surface area (Å²) in [6, 6.07) is 13.1. The van der Waals surface area contributed by atoms with Crippen LogP contribution in [0.25, 0.3) is 11.0 Å². The number of carbonyl (C=O) groups excluding carboxylic acids is 1. The largest absolute Gasteiger partial charge is 0.472 e. The minimum atomic E-state index is -1.45. The van der Waals surface area contributed by atoms with Gasteiger partial charge in [0.25, 0.3) is 5.91 Å². The summed E-state index contributed by atoms with van der Waals surface area (Å²) in [6.07, 6.45) is 2.89. The molecule has 0 unspecified atom stereocenters. The summed E-state index contributed by atoms with van der Waals surface area (Å²) in [5.74, 6) is -0.698. The lowest BCUT2D eigenvalue weighted by molar-refractivity contribution is 0.0700. The highest BCUT2D eigenvalue weighted by atomic mass is 32.1. The van der Waals surface area contributed by atoms with Crippen molar-refractivity contribution in [1.82, 2.24) is 5.32 Å². The van der Waals surface area contributed by atoms with Crippen molar-refractivity contribution in [3.8, 4) is 0 Å². The molecule has 0 aliphatic rings. The number of amides is 1. The molecule has 0 saturated heterocycles. The third-order valence-electron chi connectivity index (χ3n) is 4.29. The molecule has 6 nitrogen and oxygen atoms in total. The second-order valence-electron chi connectivity index (χ2n) is 6.00. The Labute approximate surface area is 157 Å². The summed E-state index contributed by atoms with van der Waals surface area (Å²) in [5, 5.41) is 16.1. The van der Waals surface area contributed by atoms with Gasteiger partial charge in [-0.1, -0.05) is 18.2 Å². The first-order chi connectivity index (χ1) is 13.1. The van der Waals surface area contributed by atoms with Gasteiger partial charge in [0.15, 0.2) is 11.2 Å². The summed E-state index contributed by atoms with van der Waals surface area (Å²) in [5.41, 5.74) is -0.900. The number of hydrogen-bond acceptors (Lipinski definition) is 6. The van der Waals surface area contributed by atoms with Crippen molar-refractivity contribution in [2.75, 3.05) is 6.54 Å². The SMILES string of the molecule is O=C(NC[C@@](O)(c1ccoc1)c1cccs1)c1cc(=O)c2ccccc2o1. The van der Waals surface area contributed by atoms with Gasteiger partial charge in [-0.25, -0.2) is 0 Å². The number of thiophene rings is 1. The van der Waals surface area contributed by atoms with Crippen LogP contribution >= 0.6 is 11.3 Å². The molecule has 0 saturated carbocycles. The Bertz CT molecular complexity index is 1090. The number of aliphatic hydroxyl groups is 1. The lowest BCUT2D eigenvalue weighted by Gasteiger charge is -2.26. The van der Waals surface area contributed by atoms with Crippen LogP contribution in [0.4, 0.5) is 0 Å². The maximum Gasteiger partial charge on any atom is 0.287 e. The molecule has 0 aliphatic heterocycles. The van der Waals surface area contributed by atoms with Crippen LogP contribution in [0.3, 0.4) is 0 Å². The molecule has 4 rings (SSSR count). The lowest BCUT2D eigenvalue weighted by Crippen LogP contribution is -2.41. The van der Waals surface area contributed by atoms with E-state index in [2.05, 4.69) is 5.32 Å². The molecule has 3 heterocycles. The molecule has 1 aromatic carbocycles. The third kappa shape index (κ3) is 3.18. The Hall–Kier alpha value is -3.16. The number of rotatable bonds is 5. The molecule has 7 heteroatoms. The predicted octanol–water partition coefficient (Wildman–Crippen LogP) is 3.11. The summed E-state index contributed by atoms with van der Waals surface area (Å²) in [7, 11) is 0. The van der Waals surface area contributed by atoms with E-state index in [1.165, 1.54) is 23.9 Å². The first-order valence-electron chi connectivity index (χ1n) is 8.18. The van der Waals surface area contributed by atoms with E-state index < -0.39 is 11.5 Å². The number of carbonyl (C=O) groups is 1. The standard InChI is InChI=1S/C20H15NO5S/c22-15-10-17(26-16-5-2-1-4-14(15)16)19(23)21-12-20(24,13-7-8-25-11-13)18-6-3-9-27-18/h1-11,24H,12H2,(H,21,23)/t20-/m1/s1. The molecule has 2 N–H and O–H groups in total. The van der Waals surface area contributed by atoms with E-state index in [4.69, 9.17) is 8.83 Å². The number of benzene rings is 1. The van der Waals surface area contributed by atoms with Crippen LogP contribution in [-0.4, -0.2) is 17.6 Å². The zero-order valence-electron chi connectivity index (χ0n) is 14.0. The topological polar surface area (TPSA) is 92.7 Å². The first kappa shape index (κ1) is 17.3. The zero-order valence-corrected chi connectivity index (χ0v) is 14.9. The van der Waals surface area contributed by atoms with Crippen LogP contribution in [0.2, 0.25) is 0 Å². The maximum absolute atomic E-state index is 12.6. The molecule has 0 radical (unpaired) electrons. The molecule has 136 valence electrons. The van der Waals surface area contributed by atoms with Crippen molar-refractivity contribution < 1.29 is 18.7 Å². The van der Waals surface area contributed by atoms with Gasteiger partial charge >= 0.3 is 0 Å². The zero-order chi connectivity index (χ0) is 18.9. The molecule has 1 amide bonds. The molecule has 0 spiro atoms. The number of furan rings is 1. The van der Waals surface area contributed by atoms with E-state index in [9.17, 15) is 14.7 Å². The summed E-state index contributed by atoms with van der Waals surface area (Å²) >= 11 is 1.36. The normalized spacial score (nSPS) is 13.4. The molecule has 27 heavy (non-hydrogen) atoms. The second-order valence-corrected chi connectivity index (χ2v) is 6.95. The van der Waals surface area contributed by atoms with Crippen LogP contribution in [0.5, 0.6) is 0 Å². The van der Waals surface area contributed by atoms with E-state index >= 15 is 0 Å². The number of fused-ring (bicyclic) bond motifs is 1. The Kier molecular flexibility index (Phi) is 4.39. The van der Waals surface area contributed by atoms with E-state index in [1.807, 2.05) is 11.4 Å². The van der Waals surface area contributed by atoms with Crippen molar-refractivity contribution >= 4 is 28.2 Å². The van der Waals surface area contributed by atoms with Gasteiger partial charge in [-0.3, -0.25) is 9.59 Å². The van der Waals surface area contributed by atoms with Gasteiger partial charge in [0.1, 0.15) is 11.2 Å². The van der Waals surface area contributed by atoms with Gasteiger partial charge in [0.05, 0.1) is 24.5 Å². The number of para-hydroxylation sites is 1. The molecular formula is C20H15NO5S. The molecule has 0 fully saturated rings. The minimum absolute atomic E-state index is 0.109. The molecule has 3 aromatic heterocycles. The van der Waals surface area contributed by atoms with Crippen molar-refractivity contribution in [3.05, 3.63) is 92.9 Å².